The summed E-state index contributed by atoms with van der Waals surface area (Å²) < 4.78 is 1.50. The van der Waals surface area contributed by atoms with Gasteiger partial charge in [0, 0.05) is 6.54 Å². The summed E-state index contributed by atoms with van der Waals surface area (Å²) in [5, 5.41) is 16.1. The quantitative estimate of drug-likeness (QED) is 0.854. The van der Waals surface area contributed by atoms with E-state index in [4.69, 9.17) is 5.11 Å². The fourth-order valence-electron chi connectivity index (χ4n) is 1.49. The number of hydrogen-bond donors (Lipinski definition) is 2. The van der Waals surface area contributed by atoms with Crippen LogP contribution >= 0.6 is 11.8 Å². The van der Waals surface area contributed by atoms with Crippen LogP contribution in [0.5, 0.6) is 0 Å². The van der Waals surface area contributed by atoms with Gasteiger partial charge in [-0.15, -0.1) is 5.10 Å². The molecule has 19 heavy (non-hydrogen) atoms. The van der Waals surface area contributed by atoms with E-state index < -0.39 is 5.97 Å². The Hall–Kier alpha value is -2.09. The Balaban J connectivity index is 2.28. The van der Waals surface area contributed by atoms with Gasteiger partial charge in [0.05, 0.1) is 0 Å². The molecule has 2 aromatic heterocycles. The van der Waals surface area contributed by atoms with E-state index in [0.717, 1.165) is 18.2 Å². The summed E-state index contributed by atoms with van der Waals surface area (Å²) in [6.07, 6.45) is 0.801. The number of aromatic nitrogens is 4. The third kappa shape index (κ3) is 3.02. The smallest absolute Gasteiger partial charge is 0.354 e. The van der Waals surface area contributed by atoms with Gasteiger partial charge in [-0.2, -0.15) is 0 Å². The first-order valence-corrected chi connectivity index (χ1v) is 6.47. The minimum atomic E-state index is -1.09. The first kappa shape index (κ1) is 13.3. The van der Waals surface area contributed by atoms with Gasteiger partial charge in [0.2, 0.25) is 0 Å². The largest absolute Gasteiger partial charge is 0.477 e. The molecule has 0 bridgehead atoms. The number of nitrogens with zero attached hydrogens (tertiary/aromatic N) is 3. The Morgan fingerprint density at radius 2 is 2.32 bits per heavy atom. The summed E-state index contributed by atoms with van der Waals surface area (Å²) in [6.45, 7) is 2.51. The summed E-state index contributed by atoms with van der Waals surface area (Å²) >= 11 is 1.15. The lowest BCUT2D eigenvalue weighted by Crippen LogP contribution is -2.17. The molecule has 0 aliphatic rings. The average molecular weight is 280 g/mol. The van der Waals surface area contributed by atoms with Crippen LogP contribution in [0.3, 0.4) is 0 Å². The van der Waals surface area contributed by atoms with Crippen molar-refractivity contribution in [2.75, 3.05) is 0 Å². The van der Waals surface area contributed by atoms with E-state index in [1.165, 1.54) is 10.6 Å². The number of carboxylic acid groups (broad SMARTS) is 1. The molecule has 2 heterocycles. The van der Waals surface area contributed by atoms with E-state index in [9.17, 15) is 9.59 Å². The van der Waals surface area contributed by atoms with Gasteiger partial charge < -0.3 is 5.11 Å². The molecule has 2 N–H and O–H groups in total. The molecule has 0 radical (unpaired) electrons. The van der Waals surface area contributed by atoms with E-state index >= 15 is 0 Å². The number of aromatic carboxylic acids is 1. The Morgan fingerprint density at radius 1 is 1.53 bits per heavy atom. The van der Waals surface area contributed by atoms with Crippen LogP contribution in [0.15, 0.2) is 33.2 Å². The van der Waals surface area contributed by atoms with Gasteiger partial charge in [0.1, 0.15) is 10.7 Å². The van der Waals surface area contributed by atoms with Gasteiger partial charge in [-0.05, 0) is 30.3 Å². The number of carboxylic acids is 1. The minimum Gasteiger partial charge on any atom is -0.477 e. The number of H-pyrrole nitrogens is 1. The van der Waals surface area contributed by atoms with E-state index in [1.807, 2.05) is 6.92 Å². The maximum atomic E-state index is 11.5. The van der Waals surface area contributed by atoms with E-state index in [2.05, 4.69) is 15.2 Å². The summed E-state index contributed by atoms with van der Waals surface area (Å²) in [4.78, 5) is 26.3. The van der Waals surface area contributed by atoms with Crippen molar-refractivity contribution in [1.82, 2.24) is 19.7 Å². The van der Waals surface area contributed by atoms with Gasteiger partial charge >= 0.3 is 11.7 Å². The molecule has 0 unspecified atom stereocenters. The van der Waals surface area contributed by atoms with Crippen molar-refractivity contribution in [2.45, 2.75) is 30.1 Å². The second-order valence-electron chi connectivity index (χ2n) is 3.73. The highest BCUT2D eigenvalue weighted by molar-refractivity contribution is 7.99. The SMILES string of the molecule is CCCn1c(Sc2cccc(C(=O)O)n2)n[nH]c1=O. The third-order valence-electron chi connectivity index (χ3n) is 2.31. The molecule has 0 spiro atoms. The van der Waals surface area contributed by atoms with Crippen LogP contribution in [-0.2, 0) is 6.54 Å². The van der Waals surface area contributed by atoms with E-state index in [1.54, 1.807) is 12.1 Å². The van der Waals surface area contributed by atoms with Crippen LogP contribution in [-0.4, -0.2) is 30.8 Å². The molecule has 0 saturated heterocycles. The molecule has 0 aliphatic carbocycles. The molecule has 0 fully saturated rings. The molecule has 2 aromatic rings. The molecule has 0 saturated carbocycles. The number of nitrogens with one attached hydrogen (secondary N) is 1. The van der Waals surface area contributed by atoms with Crippen molar-refractivity contribution < 1.29 is 9.90 Å². The molecular formula is C11H12N4O3S. The molecular weight excluding hydrogens is 268 g/mol. The van der Waals surface area contributed by atoms with Crippen LogP contribution in [0.4, 0.5) is 0 Å². The molecule has 0 atom stereocenters. The Morgan fingerprint density at radius 3 is 3.00 bits per heavy atom. The number of hydrogen-bond acceptors (Lipinski definition) is 5. The maximum absolute atomic E-state index is 11.5. The Labute approximate surface area is 112 Å². The molecule has 7 nitrogen and oxygen atoms in total. The van der Waals surface area contributed by atoms with Gasteiger partial charge in [0.25, 0.3) is 0 Å². The van der Waals surface area contributed by atoms with Gasteiger partial charge in [-0.3, -0.25) is 4.57 Å². The van der Waals surface area contributed by atoms with Crippen molar-refractivity contribution >= 4 is 17.7 Å². The molecule has 0 aromatic carbocycles. The van der Waals surface area contributed by atoms with Crippen LogP contribution < -0.4 is 5.69 Å². The zero-order valence-corrected chi connectivity index (χ0v) is 11.0. The van der Waals surface area contributed by atoms with Crippen molar-refractivity contribution in [1.29, 1.82) is 0 Å². The van der Waals surface area contributed by atoms with E-state index in [-0.39, 0.29) is 11.4 Å². The number of aromatic amines is 1. The maximum Gasteiger partial charge on any atom is 0.354 e. The third-order valence-corrected chi connectivity index (χ3v) is 3.24. The lowest BCUT2D eigenvalue weighted by atomic mass is 10.4. The first-order valence-electron chi connectivity index (χ1n) is 5.65. The van der Waals surface area contributed by atoms with Crippen LogP contribution in [0.1, 0.15) is 23.8 Å². The monoisotopic (exact) mass is 280 g/mol. The van der Waals surface area contributed by atoms with Crippen LogP contribution in [0, 0.1) is 0 Å². The lowest BCUT2D eigenvalue weighted by Gasteiger charge is -2.03. The predicted octanol–water partition coefficient (Wildman–Crippen LogP) is 1.23. The normalized spacial score (nSPS) is 10.6. The van der Waals surface area contributed by atoms with Crippen molar-refractivity contribution in [2.24, 2.45) is 0 Å². The Kier molecular flexibility index (Phi) is 4.00. The second kappa shape index (κ2) is 5.70. The standard InChI is InChI=1S/C11H12N4O3S/c1-2-6-15-10(18)13-14-11(15)19-8-5-3-4-7(12-8)9(16)17/h3-5H,2,6H2,1H3,(H,13,18)(H,16,17). The molecule has 100 valence electrons. The second-order valence-corrected chi connectivity index (χ2v) is 4.72. The first-order chi connectivity index (χ1) is 9.11. The highest BCUT2D eigenvalue weighted by Gasteiger charge is 2.11. The predicted molar refractivity (Wildman–Crippen MR) is 68.5 cm³/mol. The van der Waals surface area contributed by atoms with Gasteiger partial charge in [-0.1, -0.05) is 13.0 Å². The highest BCUT2D eigenvalue weighted by atomic mass is 32.2. The lowest BCUT2D eigenvalue weighted by molar-refractivity contribution is 0.0689. The average Bonchev–Trinajstić information content (AvgIpc) is 2.72. The number of pyridine rings is 1. The summed E-state index contributed by atoms with van der Waals surface area (Å²) in [5.74, 6) is -1.09. The molecule has 8 heteroatoms. The number of rotatable bonds is 5. The fraction of sp³-hybridized carbons (Fsp3) is 0.273. The topological polar surface area (TPSA) is 101 Å². The minimum absolute atomic E-state index is 0.0371. The van der Waals surface area contributed by atoms with Crippen molar-refractivity contribution in [3.8, 4) is 0 Å². The highest BCUT2D eigenvalue weighted by Crippen LogP contribution is 2.23. The van der Waals surface area contributed by atoms with Crippen LogP contribution in [0.2, 0.25) is 0 Å². The zero-order chi connectivity index (χ0) is 13.8. The summed E-state index contributed by atoms with van der Waals surface area (Å²) in [7, 11) is 0. The van der Waals surface area contributed by atoms with Gasteiger partial charge in [0.15, 0.2) is 5.16 Å². The Bertz CT molecular complexity index is 649. The van der Waals surface area contributed by atoms with Crippen LogP contribution in [0.25, 0.3) is 0 Å². The van der Waals surface area contributed by atoms with Crippen molar-refractivity contribution in [3.63, 3.8) is 0 Å². The number of carbonyl (C=O) groups is 1. The zero-order valence-electron chi connectivity index (χ0n) is 10.2. The summed E-state index contributed by atoms with van der Waals surface area (Å²) in [6, 6.07) is 4.69. The molecule has 0 aliphatic heterocycles. The van der Waals surface area contributed by atoms with Gasteiger partial charge in [-0.25, -0.2) is 19.7 Å². The van der Waals surface area contributed by atoms with Crippen molar-refractivity contribution in [3.05, 3.63) is 34.4 Å². The van der Waals surface area contributed by atoms with E-state index in [0.29, 0.717) is 16.7 Å². The fourth-order valence-corrected chi connectivity index (χ4v) is 2.34. The molecule has 0 amide bonds. The molecule has 2 rings (SSSR count). The summed E-state index contributed by atoms with van der Waals surface area (Å²) in [5.41, 5.74) is -0.316.